The number of thioether (sulfide) groups is 1. The van der Waals surface area contributed by atoms with Crippen molar-refractivity contribution < 1.29 is 13.0 Å². The molecule has 1 aliphatic heterocycles. The van der Waals surface area contributed by atoms with E-state index in [0.717, 1.165) is 27.0 Å². The normalized spacial score (nSPS) is 18.3. The SMILES string of the molecule is O=S([O-])O/N=C1\CCSc2ccc3ccccc3c21. The fourth-order valence-corrected chi connectivity index (χ4v) is 3.42. The fourth-order valence-electron chi connectivity index (χ4n) is 2.22. The minimum Gasteiger partial charge on any atom is -0.738 e. The fraction of sp³-hybridized carbons (Fsp3) is 0.154. The Labute approximate surface area is 117 Å². The lowest BCUT2D eigenvalue weighted by atomic mass is 9.99. The van der Waals surface area contributed by atoms with Crippen molar-refractivity contribution in [3.05, 3.63) is 42.0 Å². The van der Waals surface area contributed by atoms with Crippen LogP contribution in [-0.4, -0.2) is 20.2 Å². The van der Waals surface area contributed by atoms with Crippen molar-refractivity contribution in [1.29, 1.82) is 0 Å². The van der Waals surface area contributed by atoms with E-state index in [0.29, 0.717) is 12.1 Å². The van der Waals surface area contributed by atoms with Gasteiger partial charge in [0.1, 0.15) is 0 Å². The van der Waals surface area contributed by atoms with Crippen LogP contribution in [0.15, 0.2) is 46.4 Å². The van der Waals surface area contributed by atoms with Gasteiger partial charge in [-0.1, -0.05) is 35.5 Å². The molecule has 2 aromatic rings. The molecule has 1 atom stereocenters. The first kappa shape index (κ1) is 12.7. The molecule has 0 N–H and O–H groups in total. The van der Waals surface area contributed by atoms with Crippen molar-refractivity contribution in [3.63, 3.8) is 0 Å². The molecule has 19 heavy (non-hydrogen) atoms. The van der Waals surface area contributed by atoms with Crippen LogP contribution in [0.5, 0.6) is 0 Å². The predicted octanol–water partition coefficient (Wildman–Crippen LogP) is 2.85. The number of nitrogens with zero attached hydrogens (tertiary/aromatic N) is 1. The number of benzene rings is 2. The number of rotatable bonds is 2. The second kappa shape index (κ2) is 5.32. The largest absolute Gasteiger partial charge is 0.738 e. The average Bonchev–Trinajstić information content (AvgIpc) is 2.44. The van der Waals surface area contributed by atoms with E-state index >= 15 is 0 Å². The van der Waals surface area contributed by atoms with Crippen LogP contribution in [0.1, 0.15) is 12.0 Å². The lowest BCUT2D eigenvalue weighted by molar-refractivity contribution is 0.317. The van der Waals surface area contributed by atoms with Crippen molar-refractivity contribution in [2.24, 2.45) is 5.16 Å². The first-order valence-electron chi connectivity index (χ1n) is 5.74. The zero-order valence-electron chi connectivity index (χ0n) is 9.87. The van der Waals surface area contributed by atoms with Gasteiger partial charge in [0.15, 0.2) is 11.4 Å². The lowest BCUT2D eigenvalue weighted by Gasteiger charge is -2.19. The van der Waals surface area contributed by atoms with E-state index in [2.05, 4.69) is 15.5 Å². The highest BCUT2D eigenvalue weighted by molar-refractivity contribution is 7.99. The quantitative estimate of drug-likeness (QED) is 0.631. The van der Waals surface area contributed by atoms with Crippen LogP contribution in [0.3, 0.4) is 0 Å². The summed E-state index contributed by atoms with van der Waals surface area (Å²) in [6.07, 6.45) is 0.697. The van der Waals surface area contributed by atoms with Gasteiger partial charge in [-0.25, -0.2) is 4.21 Å². The van der Waals surface area contributed by atoms with Gasteiger partial charge in [0.25, 0.3) is 0 Å². The van der Waals surface area contributed by atoms with E-state index in [1.54, 1.807) is 11.8 Å². The van der Waals surface area contributed by atoms with Crippen LogP contribution in [-0.2, 0) is 15.6 Å². The Balaban J connectivity index is 2.18. The maximum atomic E-state index is 10.5. The van der Waals surface area contributed by atoms with Crippen molar-refractivity contribution >= 4 is 39.6 Å². The van der Waals surface area contributed by atoms with Gasteiger partial charge in [0.05, 0.1) is 5.71 Å². The van der Waals surface area contributed by atoms with Gasteiger partial charge in [0, 0.05) is 22.6 Å². The molecule has 0 aliphatic carbocycles. The molecule has 6 heteroatoms. The van der Waals surface area contributed by atoms with E-state index < -0.39 is 11.4 Å². The molecule has 1 aliphatic rings. The van der Waals surface area contributed by atoms with Gasteiger partial charge in [-0.3, -0.25) is 0 Å². The van der Waals surface area contributed by atoms with Crippen molar-refractivity contribution in [2.75, 3.05) is 5.75 Å². The van der Waals surface area contributed by atoms with E-state index in [-0.39, 0.29) is 0 Å². The van der Waals surface area contributed by atoms with Crippen LogP contribution >= 0.6 is 11.8 Å². The number of hydrogen-bond donors (Lipinski definition) is 0. The summed E-state index contributed by atoms with van der Waals surface area (Å²) in [7, 11) is 0. The number of hydrogen-bond acceptors (Lipinski definition) is 5. The van der Waals surface area contributed by atoms with Gasteiger partial charge in [-0.05, 0) is 16.8 Å². The van der Waals surface area contributed by atoms with Crippen LogP contribution in [0.25, 0.3) is 10.8 Å². The molecule has 0 amide bonds. The first-order valence-corrected chi connectivity index (χ1v) is 7.73. The van der Waals surface area contributed by atoms with Crippen LogP contribution in [0.4, 0.5) is 0 Å². The van der Waals surface area contributed by atoms with Crippen molar-refractivity contribution in [3.8, 4) is 0 Å². The molecule has 0 saturated carbocycles. The lowest BCUT2D eigenvalue weighted by Crippen LogP contribution is -2.11. The van der Waals surface area contributed by atoms with Gasteiger partial charge in [-0.2, -0.15) is 0 Å². The Hall–Kier alpha value is -1.37. The van der Waals surface area contributed by atoms with E-state index in [9.17, 15) is 8.76 Å². The smallest absolute Gasteiger partial charge is 0.169 e. The molecule has 4 nitrogen and oxygen atoms in total. The summed E-state index contributed by atoms with van der Waals surface area (Å²) in [6.45, 7) is 0. The molecular weight excluding hydrogens is 282 g/mol. The minimum atomic E-state index is -2.62. The summed E-state index contributed by atoms with van der Waals surface area (Å²) < 4.78 is 25.3. The van der Waals surface area contributed by atoms with Gasteiger partial charge >= 0.3 is 0 Å². The highest BCUT2D eigenvalue weighted by atomic mass is 32.2. The molecule has 0 fully saturated rings. The Bertz CT molecular complexity index is 685. The summed E-state index contributed by atoms with van der Waals surface area (Å²) in [5, 5.41) is 5.95. The predicted molar refractivity (Wildman–Crippen MR) is 75.8 cm³/mol. The average molecular weight is 292 g/mol. The standard InChI is InChI=1S/C13H11NO3S2/c15-19(16)17-14-11-7-8-18-12-6-5-9-3-1-2-4-10(9)13(11)12/h1-6H,7-8H2,(H,15,16)/p-1/b14-11+. The number of fused-ring (bicyclic) bond motifs is 3. The van der Waals surface area contributed by atoms with Crippen LogP contribution in [0.2, 0.25) is 0 Å². The molecule has 0 spiro atoms. The third kappa shape index (κ3) is 2.51. The minimum absolute atomic E-state index is 0.690. The monoisotopic (exact) mass is 292 g/mol. The molecule has 1 unspecified atom stereocenters. The maximum absolute atomic E-state index is 10.5. The van der Waals surface area contributed by atoms with Gasteiger partial charge < -0.3 is 8.84 Å². The first-order chi connectivity index (χ1) is 9.25. The summed E-state index contributed by atoms with van der Waals surface area (Å²) in [6, 6.07) is 12.1. The van der Waals surface area contributed by atoms with Crippen molar-refractivity contribution in [2.45, 2.75) is 11.3 Å². The molecule has 2 aromatic carbocycles. The molecule has 3 rings (SSSR count). The van der Waals surface area contributed by atoms with Crippen LogP contribution in [0, 0.1) is 0 Å². The van der Waals surface area contributed by atoms with E-state index in [1.807, 2.05) is 30.3 Å². The van der Waals surface area contributed by atoms with Crippen molar-refractivity contribution in [1.82, 2.24) is 0 Å². The highest BCUT2D eigenvalue weighted by Crippen LogP contribution is 2.35. The third-order valence-corrected chi connectivity index (χ3v) is 4.24. The zero-order chi connectivity index (χ0) is 13.2. The molecule has 0 radical (unpaired) electrons. The maximum Gasteiger partial charge on any atom is 0.169 e. The van der Waals surface area contributed by atoms with Gasteiger partial charge in [-0.15, -0.1) is 11.8 Å². The summed E-state index contributed by atoms with van der Waals surface area (Å²) in [5.74, 6) is 0.874. The Morgan fingerprint density at radius 1 is 1.26 bits per heavy atom. The summed E-state index contributed by atoms with van der Waals surface area (Å²) in [4.78, 5) is 1.11. The Morgan fingerprint density at radius 2 is 2.11 bits per heavy atom. The molecular formula is C13H10NO3S2-. The van der Waals surface area contributed by atoms with Gasteiger partial charge in [0.2, 0.25) is 0 Å². The summed E-state index contributed by atoms with van der Waals surface area (Å²) >= 11 is -0.871. The second-order valence-corrected chi connectivity index (χ2v) is 5.77. The third-order valence-electron chi connectivity index (χ3n) is 2.98. The Kier molecular flexibility index (Phi) is 3.54. The number of oxime groups is 1. The summed E-state index contributed by atoms with van der Waals surface area (Å²) in [5.41, 5.74) is 1.68. The topological polar surface area (TPSA) is 61.7 Å². The molecule has 0 bridgehead atoms. The zero-order valence-corrected chi connectivity index (χ0v) is 11.5. The highest BCUT2D eigenvalue weighted by Gasteiger charge is 2.19. The molecule has 0 saturated heterocycles. The van der Waals surface area contributed by atoms with E-state index in [4.69, 9.17) is 0 Å². The molecule has 98 valence electrons. The van der Waals surface area contributed by atoms with Crippen LogP contribution < -0.4 is 0 Å². The molecule has 0 aromatic heterocycles. The Morgan fingerprint density at radius 3 is 2.95 bits per heavy atom. The second-order valence-electron chi connectivity index (χ2n) is 4.07. The van der Waals surface area contributed by atoms with E-state index in [1.165, 1.54) is 0 Å². The molecule has 1 heterocycles.